The Morgan fingerprint density at radius 1 is 1.20 bits per heavy atom. The molecule has 3 rings (SSSR count). The molecule has 1 nitrogen and oxygen atoms in total. The van der Waals surface area contributed by atoms with Crippen LogP contribution in [0.4, 0.5) is 4.39 Å². The van der Waals surface area contributed by atoms with Crippen molar-refractivity contribution < 1.29 is 9.50 Å². The van der Waals surface area contributed by atoms with E-state index in [1.54, 1.807) is 19.1 Å². The summed E-state index contributed by atoms with van der Waals surface area (Å²) < 4.78 is 13.4. The molecule has 0 amide bonds. The largest absolute Gasteiger partial charge is 0.388 e. The third kappa shape index (κ3) is 2.36. The predicted molar refractivity (Wildman–Crippen MR) is 78.2 cm³/mol. The number of aliphatic hydroxyl groups is 1. The second kappa shape index (κ2) is 5.37. The fourth-order valence-electron chi connectivity index (χ4n) is 3.20. The molecule has 2 aromatic rings. The maximum absolute atomic E-state index is 13.4. The lowest BCUT2D eigenvalue weighted by Crippen LogP contribution is -2.17. The van der Waals surface area contributed by atoms with E-state index in [9.17, 15) is 9.50 Å². The van der Waals surface area contributed by atoms with E-state index < -0.39 is 6.10 Å². The van der Waals surface area contributed by atoms with Crippen LogP contribution in [-0.4, -0.2) is 5.11 Å². The minimum Gasteiger partial charge on any atom is -0.388 e. The van der Waals surface area contributed by atoms with Crippen LogP contribution in [0, 0.1) is 12.7 Å². The Kier molecular flexibility index (Phi) is 3.58. The molecular formula is C18H19FO. The van der Waals surface area contributed by atoms with Crippen molar-refractivity contribution >= 4 is 0 Å². The molecule has 2 aromatic carbocycles. The lowest BCUT2D eigenvalue weighted by Gasteiger charge is -2.29. The molecule has 104 valence electrons. The molecule has 0 aliphatic heterocycles. The number of halogens is 1. The van der Waals surface area contributed by atoms with Crippen molar-refractivity contribution in [3.05, 3.63) is 70.5 Å². The molecule has 0 heterocycles. The van der Waals surface area contributed by atoms with Crippen molar-refractivity contribution in [1.29, 1.82) is 0 Å². The Morgan fingerprint density at radius 2 is 2.00 bits per heavy atom. The number of aliphatic hydroxyl groups excluding tert-OH is 1. The molecular weight excluding hydrogens is 251 g/mol. The Hall–Kier alpha value is -1.67. The van der Waals surface area contributed by atoms with Crippen molar-refractivity contribution in [2.45, 2.75) is 38.2 Å². The van der Waals surface area contributed by atoms with Gasteiger partial charge in [0.2, 0.25) is 0 Å². The van der Waals surface area contributed by atoms with Crippen LogP contribution in [-0.2, 0) is 6.42 Å². The number of benzene rings is 2. The predicted octanol–water partition coefficient (Wildman–Crippen LogP) is 4.29. The number of rotatable bonds is 2. The van der Waals surface area contributed by atoms with Crippen molar-refractivity contribution in [1.82, 2.24) is 0 Å². The summed E-state index contributed by atoms with van der Waals surface area (Å²) in [5.74, 6) is -0.102. The van der Waals surface area contributed by atoms with Crippen molar-refractivity contribution in [3.63, 3.8) is 0 Å². The third-order valence-corrected chi connectivity index (χ3v) is 4.32. The molecule has 0 aromatic heterocycles. The minimum atomic E-state index is -0.559. The van der Waals surface area contributed by atoms with Crippen LogP contribution in [0.5, 0.6) is 0 Å². The van der Waals surface area contributed by atoms with Gasteiger partial charge in [-0.25, -0.2) is 4.39 Å². The summed E-state index contributed by atoms with van der Waals surface area (Å²) in [4.78, 5) is 0. The first-order valence-electron chi connectivity index (χ1n) is 7.19. The van der Waals surface area contributed by atoms with Gasteiger partial charge in [0.15, 0.2) is 0 Å². The first-order chi connectivity index (χ1) is 9.66. The lowest BCUT2D eigenvalue weighted by atomic mass is 9.78. The number of hydrogen-bond acceptors (Lipinski definition) is 1. The highest BCUT2D eigenvalue weighted by Crippen LogP contribution is 2.40. The molecule has 0 fully saturated rings. The smallest absolute Gasteiger partial charge is 0.126 e. The molecule has 20 heavy (non-hydrogen) atoms. The molecule has 2 atom stereocenters. The second-order valence-corrected chi connectivity index (χ2v) is 5.65. The summed E-state index contributed by atoms with van der Waals surface area (Å²) in [7, 11) is 0. The molecule has 1 N–H and O–H groups in total. The Labute approximate surface area is 119 Å². The van der Waals surface area contributed by atoms with Gasteiger partial charge < -0.3 is 5.11 Å². The molecule has 0 saturated heterocycles. The fourth-order valence-corrected chi connectivity index (χ4v) is 3.20. The summed E-state index contributed by atoms with van der Waals surface area (Å²) in [6, 6.07) is 13.2. The van der Waals surface area contributed by atoms with Gasteiger partial charge in [-0.05, 0) is 54.5 Å². The van der Waals surface area contributed by atoms with E-state index >= 15 is 0 Å². The molecule has 1 aliphatic rings. The monoisotopic (exact) mass is 270 g/mol. The van der Waals surface area contributed by atoms with Gasteiger partial charge in [0.25, 0.3) is 0 Å². The van der Waals surface area contributed by atoms with E-state index in [1.807, 2.05) is 6.07 Å². The van der Waals surface area contributed by atoms with Crippen LogP contribution in [0.2, 0.25) is 0 Å². The summed E-state index contributed by atoms with van der Waals surface area (Å²) in [6.07, 6.45) is 2.60. The van der Waals surface area contributed by atoms with Gasteiger partial charge in [0.1, 0.15) is 5.82 Å². The zero-order valence-electron chi connectivity index (χ0n) is 11.6. The standard InChI is InChI=1S/C18H19FO/c1-12-11-14(9-10-17(12)19)18(20)16-8-4-6-13-5-2-3-7-15(13)16/h2-3,5,7,9-11,16,18,20H,4,6,8H2,1H3. The highest BCUT2D eigenvalue weighted by molar-refractivity contribution is 5.36. The number of aryl methyl sites for hydroxylation is 2. The average Bonchev–Trinajstić information content (AvgIpc) is 2.49. The zero-order chi connectivity index (χ0) is 14.1. The SMILES string of the molecule is Cc1cc(C(O)C2CCCc3ccccc32)ccc1F. The molecule has 0 radical (unpaired) electrons. The molecule has 2 heteroatoms. The van der Waals surface area contributed by atoms with Crippen LogP contribution < -0.4 is 0 Å². The van der Waals surface area contributed by atoms with Gasteiger partial charge in [0.05, 0.1) is 6.10 Å². The fraction of sp³-hybridized carbons (Fsp3) is 0.333. The van der Waals surface area contributed by atoms with E-state index in [0.717, 1.165) is 24.8 Å². The van der Waals surface area contributed by atoms with Crippen LogP contribution in [0.1, 0.15) is 47.1 Å². The Balaban J connectivity index is 1.95. The summed E-state index contributed by atoms with van der Waals surface area (Å²) in [5, 5.41) is 10.7. The van der Waals surface area contributed by atoms with Gasteiger partial charge >= 0.3 is 0 Å². The normalized spacial score (nSPS) is 19.4. The molecule has 0 bridgehead atoms. The number of hydrogen-bond donors (Lipinski definition) is 1. The summed E-state index contributed by atoms with van der Waals surface area (Å²) in [5.41, 5.74) is 3.98. The molecule has 2 unspecified atom stereocenters. The first kappa shape index (κ1) is 13.3. The van der Waals surface area contributed by atoms with E-state index in [1.165, 1.54) is 17.2 Å². The van der Waals surface area contributed by atoms with Gasteiger partial charge in [-0.15, -0.1) is 0 Å². The maximum Gasteiger partial charge on any atom is 0.126 e. The van der Waals surface area contributed by atoms with Crippen molar-refractivity contribution in [3.8, 4) is 0 Å². The van der Waals surface area contributed by atoms with Crippen LogP contribution in [0.15, 0.2) is 42.5 Å². The van der Waals surface area contributed by atoms with Gasteiger partial charge in [-0.1, -0.05) is 36.4 Å². The highest BCUT2D eigenvalue weighted by atomic mass is 19.1. The average molecular weight is 270 g/mol. The van der Waals surface area contributed by atoms with Crippen molar-refractivity contribution in [2.75, 3.05) is 0 Å². The third-order valence-electron chi connectivity index (χ3n) is 4.32. The minimum absolute atomic E-state index is 0.116. The van der Waals surface area contributed by atoms with Gasteiger partial charge in [-0.2, -0.15) is 0 Å². The zero-order valence-corrected chi connectivity index (χ0v) is 11.6. The molecule has 0 saturated carbocycles. The quantitative estimate of drug-likeness (QED) is 0.863. The highest BCUT2D eigenvalue weighted by Gasteiger charge is 2.27. The van der Waals surface area contributed by atoms with Gasteiger partial charge in [-0.3, -0.25) is 0 Å². The second-order valence-electron chi connectivity index (χ2n) is 5.65. The van der Waals surface area contributed by atoms with Crippen LogP contribution in [0.3, 0.4) is 0 Å². The van der Waals surface area contributed by atoms with E-state index in [-0.39, 0.29) is 11.7 Å². The van der Waals surface area contributed by atoms with E-state index in [4.69, 9.17) is 0 Å². The van der Waals surface area contributed by atoms with Crippen molar-refractivity contribution in [2.24, 2.45) is 0 Å². The molecule has 0 spiro atoms. The van der Waals surface area contributed by atoms with Gasteiger partial charge in [0, 0.05) is 5.92 Å². The van der Waals surface area contributed by atoms with E-state index in [0.29, 0.717) is 5.56 Å². The topological polar surface area (TPSA) is 20.2 Å². The van der Waals surface area contributed by atoms with E-state index in [2.05, 4.69) is 18.2 Å². The lowest BCUT2D eigenvalue weighted by molar-refractivity contribution is 0.136. The first-order valence-corrected chi connectivity index (χ1v) is 7.19. The summed E-state index contributed by atoms with van der Waals surface area (Å²) >= 11 is 0. The summed E-state index contributed by atoms with van der Waals surface area (Å²) in [6.45, 7) is 1.74. The Bertz CT molecular complexity index is 621. The van der Waals surface area contributed by atoms with Crippen LogP contribution in [0.25, 0.3) is 0 Å². The maximum atomic E-state index is 13.4. The van der Waals surface area contributed by atoms with Crippen LogP contribution >= 0.6 is 0 Å². The number of fused-ring (bicyclic) bond motifs is 1. The Morgan fingerprint density at radius 3 is 2.80 bits per heavy atom. The molecule has 1 aliphatic carbocycles.